The summed E-state index contributed by atoms with van der Waals surface area (Å²) in [4.78, 5) is 23.0. The topological polar surface area (TPSA) is 55.4 Å². The maximum atomic E-state index is 13.3. The van der Waals surface area contributed by atoms with E-state index in [4.69, 9.17) is 0 Å². The number of carbonyl (C=O) groups is 2. The number of nitrogens with one attached hydrogen (secondary N) is 1. The van der Waals surface area contributed by atoms with Gasteiger partial charge in [-0.25, -0.2) is 18.0 Å². The maximum Gasteiger partial charge on any atom is 0.331 e. The number of carbonyl (C=O) groups excluding carboxylic acids is 2. The summed E-state index contributed by atoms with van der Waals surface area (Å²) in [5.74, 6) is -4.10. The molecule has 4 nitrogen and oxygen atoms in total. The Labute approximate surface area is 135 Å². The van der Waals surface area contributed by atoms with Crippen LogP contribution in [-0.2, 0) is 14.3 Å². The number of hydrogen-bond acceptors (Lipinski definition) is 3. The molecule has 2 aromatic carbocycles. The summed E-state index contributed by atoms with van der Waals surface area (Å²) in [5, 5.41) is 1.98. The molecule has 0 saturated heterocycles. The van der Waals surface area contributed by atoms with Gasteiger partial charge in [0, 0.05) is 6.08 Å². The van der Waals surface area contributed by atoms with Crippen LogP contribution in [0, 0.1) is 17.5 Å². The number of ether oxygens (including phenoxy) is 1. The van der Waals surface area contributed by atoms with Crippen LogP contribution in [0.25, 0.3) is 6.08 Å². The predicted octanol–water partition coefficient (Wildman–Crippen LogP) is 3.30. The fourth-order valence-corrected chi connectivity index (χ4v) is 1.75. The first kappa shape index (κ1) is 17.3. The van der Waals surface area contributed by atoms with Gasteiger partial charge >= 0.3 is 5.97 Å². The Hall–Kier alpha value is -3.09. The van der Waals surface area contributed by atoms with Crippen LogP contribution in [0.5, 0.6) is 0 Å². The number of halogens is 3. The Morgan fingerprint density at radius 2 is 1.71 bits per heavy atom. The summed E-state index contributed by atoms with van der Waals surface area (Å²) in [6.07, 6.45) is 2.31. The van der Waals surface area contributed by atoms with Crippen LogP contribution < -0.4 is 5.32 Å². The first-order valence-corrected chi connectivity index (χ1v) is 6.80. The number of anilines is 1. The van der Waals surface area contributed by atoms with E-state index < -0.39 is 41.6 Å². The fraction of sp³-hybridized carbons (Fsp3) is 0.0588. The molecule has 124 valence electrons. The van der Waals surface area contributed by atoms with Gasteiger partial charge in [-0.2, -0.15) is 0 Å². The first-order chi connectivity index (χ1) is 11.5. The second-order valence-corrected chi connectivity index (χ2v) is 4.64. The molecule has 0 aliphatic heterocycles. The SMILES string of the molecule is O=C(COC(=O)/C=C/c1cccc(F)c1)Nc1c(F)cccc1F. The van der Waals surface area contributed by atoms with E-state index in [1.54, 1.807) is 6.07 Å². The second kappa shape index (κ2) is 7.96. The van der Waals surface area contributed by atoms with Gasteiger partial charge in [0.2, 0.25) is 0 Å². The third-order valence-electron chi connectivity index (χ3n) is 2.83. The van der Waals surface area contributed by atoms with Gasteiger partial charge in [0.1, 0.15) is 23.1 Å². The van der Waals surface area contributed by atoms with Gasteiger partial charge in [0.05, 0.1) is 0 Å². The molecule has 0 bridgehead atoms. The molecule has 0 spiro atoms. The maximum absolute atomic E-state index is 13.3. The fourth-order valence-electron chi connectivity index (χ4n) is 1.75. The first-order valence-electron chi connectivity index (χ1n) is 6.80. The van der Waals surface area contributed by atoms with Crippen LogP contribution in [0.4, 0.5) is 18.9 Å². The number of hydrogen-bond donors (Lipinski definition) is 1. The summed E-state index contributed by atoms with van der Waals surface area (Å²) < 4.78 is 44.3. The molecule has 1 N–H and O–H groups in total. The summed E-state index contributed by atoms with van der Waals surface area (Å²) in [6.45, 7) is -0.722. The van der Waals surface area contributed by atoms with Gasteiger partial charge in [-0.3, -0.25) is 4.79 Å². The predicted molar refractivity (Wildman–Crippen MR) is 81.4 cm³/mol. The van der Waals surface area contributed by atoms with E-state index in [1.165, 1.54) is 24.3 Å². The molecule has 0 aromatic heterocycles. The Balaban J connectivity index is 1.86. The van der Waals surface area contributed by atoms with Crippen molar-refractivity contribution in [2.75, 3.05) is 11.9 Å². The molecule has 0 aliphatic carbocycles. The Morgan fingerprint density at radius 1 is 1.04 bits per heavy atom. The molecule has 0 heterocycles. The third-order valence-corrected chi connectivity index (χ3v) is 2.83. The third kappa shape index (κ3) is 4.98. The molecular weight excluding hydrogens is 323 g/mol. The van der Waals surface area contributed by atoms with Crippen LogP contribution in [0.1, 0.15) is 5.56 Å². The highest BCUT2D eigenvalue weighted by Crippen LogP contribution is 2.17. The molecule has 0 aliphatic rings. The average molecular weight is 335 g/mol. The Kier molecular flexibility index (Phi) is 5.73. The summed E-state index contributed by atoms with van der Waals surface area (Å²) in [5.41, 5.74) is -0.182. The second-order valence-electron chi connectivity index (χ2n) is 4.64. The lowest BCUT2D eigenvalue weighted by Crippen LogP contribution is -2.21. The smallest absolute Gasteiger partial charge is 0.331 e. The molecule has 1 amide bonds. The van der Waals surface area contributed by atoms with E-state index in [9.17, 15) is 22.8 Å². The van der Waals surface area contributed by atoms with Crippen molar-refractivity contribution in [2.45, 2.75) is 0 Å². The standard InChI is InChI=1S/C17H12F3NO3/c18-12-4-1-3-11(9-12)7-8-16(23)24-10-15(22)21-17-13(19)5-2-6-14(17)20/h1-9H,10H2,(H,21,22)/b8-7+. The minimum Gasteiger partial charge on any atom is -0.452 e. The minimum atomic E-state index is -0.944. The van der Waals surface area contributed by atoms with E-state index in [1.807, 2.05) is 5.32 Å². The van der Waals surface area contributed by atoms with E-state index in [0.29, 0.717) is 5.56 Å². The van der Waals surface area contributed by atoms with E-state index in [0.717, 1.165) is 24.3 Å². The lowest BCUT2D eigenvalue weighted by Gasteiger charge is -2.07. The van der Waals surface area contributed by atoms with Gasteiger partial charge in [0.25, 0.3) is 5.91 Å². The van der Waals surface area contributed by atoms with Crippen molar-refractivity contribution >= 4 is 23.6 Å². The quantitative estimate of drug-likeness (QED) is 0.674. The minimum absolute atomic E-state index is 0.435. The van der Waals surface area contributed by atoms with Gasteiger partial charge in [0.15, 0.2) is 6.61 Å². The molecule has 0 unspecified atom stereocenters. The van der Waals surface area contributed by atoms with Gasteiger partial charge in [-0.05, 0) is 35.9 Å². The monoisotopic (exact) mass is 335 g/mol. The van der Waals surface area contributed by atoms with E-state index in [-0.39, 0.29) is 0 Å². The van der Waals surface area contributed by atoms with Crippen molar-refractivity contribution in [2.24, 2.45) is 0 Å². The molecular formula is C17H12F3NO3. The highest BCUT2D eigenvalue weighted by Gasteiger charge is 2.12. The molecule has 0 fully saturated rings. The molecule has 0 atom stereocenters. The molecule has 0 radical (unpaired) electrons. The van der Waals surface area contributed by atoms with Crippen LogP contribution in [0.3, 0.4) is 0 Å². The highest BCUT2D eigenvalue weighted by atomic mass is 19.1. The highest BCUT2D eigenvalue weighted by molar-refractivity contribution is 5.94. The molecule has 2 rings (SSSR count). The van der Waals surface area contributed by atoms with E-state index >= 15 is 0 Å². The Bertz CT molecular complexity index is 770. The summed E-state index contributed by atoms with van der Waals surface area (Å²) in [7, 11) is 0. The lowest BCUT2D eigenvalue weighted by molar-refractivity contribution is -0.142. The zero-order valence-corrected chi connectivity index (χ0v) is 12.3. The summed E-state index contributed by atoms with van der Waals surface area (Å²) in [6, 6.07) is 8.60. The largest absolute Gasteiger partial charge is 0.452 e. The molecule has 7 heteroatoms. The molecule has 2 aromatic rings. The van der Waals surface area contributed by atoms with E-state index in [2.05, 4.69) is 4.74 Å². The molecule has 24 heavy (non-hydrogen) atoms. The Morgan fingerprint density at radius 3 is 2.38 bits per heavy atom. The van der Waals surface area contributed by atoms with Crippen molar-refractivity contribution in [1.29, 1.82) is 0 Å². The van der Waals surface area contributed by atoms with Crippen LogP contribution >= 0.6 is 0 Å². The van der Waals surface area contributed by atoms with Crippen LogP contribution in [-0.4, -0.2) is 18.5 Å². The zero-order chi connectivity index (χ0) is 17.5. The van der Waals surface area contributed by atoms with Gasteiger partial charge in [-0.1, -0.05) is 18.2 Å². The normalized spacial score (nSPS) is 10.6. The number of benzene rings is 2. The lowest BCUT2D eigenvalue weighted by atomic mass is 10.2. The zero-order valence-electron chi connectivity index (χ0n) is 12.3. The van der Waals surface area contributed by atoms with Crippen LogP contribution in [0.2, 0.25) is 0 Å². The van der Waals surface area contributed by atoms with Crippen molar-refractivity contribution in [3.8, 4) is 0 Å². The van der Waals surface area contributed by atoms with Crippen molar-refractivity contribution < 1.29 is 27.5 Å². The van der Waals surface area contributed by atoms with Crippen molar-refractivity contribution in [3.05, 3.63) is 71.6 Å². The number of amides is 1. The number of para-hydroxylation sites is 1. The molecule has 0 saturated carbocycles. The van der Waals surface area contributed by atoms with Crippen molar-refractivity contribution in [1.82, 2.24) is 0 Å². The number of esters is 1. The van der Waals surface area contributed by atoms with Crippen molar-refractivity contribution in [3.63, 3.8) is 0 Å². The average Bonchev–Trinajstić information content (AvgIpc) is 2.54. The van der Waals surface area contributed by atoms with Gasteiger partial charge < -0.3 is 10.1 Å². The summed E-state index contributed by atoms with van der Waals surface area (Å²) >= 11 is 0. The van der Waals surface area contributed by atoms with Crippen LogP contribution in [0.15, 0.2) is 48.5 Å². The van der Waals surface area contributed by atoms with Gasteiger partial charge in [-0.15, -0.1) is 0 Å². The number of rotatable bonds is 5.